The van der Waals surface area contributed by atoms with Crippen molar-refractivity contribution in [1.29, 1.82) is 0 Å². The van der Waals surface area contributed by atoms with Gasteiger partial charge in [-0.3, -0.25) is 9.20 Å². The summed E-state index contributed by atoms with van der Waals surface area (Å²) in [6.07, 6.45) is 1.51. The minimum absolute atomic E-state index is 0.0675. The predicted octanol–water partition coefficient (Wildman–Crippen LogP) is 1.05. The molecule has 1 N–H and O–H groups in total. The van der Waals surface area contributed by atoms with Crippen LogP contribution in [0, 0.1) is 0 Å². The van der Waals surface area contributed by atoms with Crippen molar-refractivity contribution in [3.63, 3.8) is 0 Å². The largest absolute Gasteiger partial charge is 0.504 e. The molecule has 13 heavy (non-hydrogen) atoms. The summed E-state index contributed by atoms with van der Waals surface area (Å²) >= 11 is 5.56. The Labute approximate surface area is 78.0 Å². The second-order valence-electron chi connectivity index (χ2n) is 2.50. The maximum absolute atomic E-state index is 11.3. The fourth-order valence-electron chi connectivity index (χ4n) is 1.08. The monoisotopic (exact) mass is 196 g/mol. The summed E-state index contributed by atoms with van der Waals surface area (Å²) in [4.78, 5) is 15.1. The molecule has 2 aromatic rings. The predicted molar refractivity (Wildman–Crippen MR) is 48.1 cm³/mol. The lowest BCUT2D eigenvalue weighted by Crippen LogP contribution is -2.12. The van der Waals surface area contributed by atoms with Crippen molar-refractivity contribution in [3.8, 4) is 5.75 Å². The van der Waals surface area contributed by atoms with Crippen molar-refractivity contribution >= 4 is 17.2 Å². The molecule has 0 spiro atoms. The van der Waals surface area contributed by atoms with Crippen LogP contribution < -0.4 is 5.56 Å². The van der Waals surface area contributed by atoms with E-state index in [1.807, 2.05) is 0 Å². The number of hydrogen-bond acceptors (Lipinski definition) is 3. The van der Waals surface area contributed by atoms with E-state index in [2.05, 4.69) is 4.98 Å². The van der Waals surface area contributed by atoms with Crippen LogP contribution in [-0.2, 0) is 0 Å². The molecule has 4 nitrogen and oxygen atoms in total. The number of halogens is 1. The summed E-state index contributed by atoms with van der Waals surface area (Å²) in [5, 5.41) is 9.41. The highest BCUT2D eigenvalue weighted by atomic mass is 35.5. The molecule has 0 bridgehead atoms. The minimum Gasteiger partial charge on any atom is -0.504 e. The molecule has 0 fully saturated rings. The van der Waals surface area contributed by atoms with Crippen LogP contribution in [0.15, 0.2) is 29.2 Å². The molecule has 2 aromatic heterocycles. The molecule has 0 radical (unpaired) electrons. The molecular formula is C8H5ClN2O2. The first-order valence-corrected chi connectivity index (χ1v) is 3.93. The maximum Gasteiger partial charge on any atom is 0.259 e. The molecular weight excluding hydrogens is 192 g/mol. The molecule has 0 unspecified atom stereocenters. The Balaban J connectivity index is 3.03. The van der Waals surface area contributed by atoms with Crippen LogP contribution in [0.5, 0.6) is 5.75 Å². The van der Waals surface area contributed by atoms with Gasteiger partial charge in [0.2, 0.25) is 0 Å². The average Bonchev–Trinajstić information content (AvgIpc) is 2.07. The third kappa shape index (κ3) is 1.25. The Morgan fingerprint density at radius 1 is 1.54 bits per heavy atom. The van der Waals surface area contributed by atoms with Crippen LogP contribution in [0.3, 0.4) is 0 Å². The van der Waals surface area contributed by atoms with E-state index in [0.29, 0.717) is 0 Å². The SMILES string of the molecule is O=c1cc(Cl)nc2c(O)cccn12. The molecule has 5 heteroatoms. The van der Waals surface area contributed by atoms with Crippen molar-refractivity contribution < 1.29 is 5.11 Å². The van der Waals surface area contributed by atoms with Gasteiger partial charge in [0.1, 0.15) is 5.15 Å². The van der Waals surface area contributed by atoms with Gasteiger partial charge in [-0.25, -0.2) is 4.98 Å². The van der Waals surface area contributed by atoms with E-state index in [0.717, 1.165) is 0 Å². The lowest BCUT2D eigenvalue weighted by atomic mass is 10.4. The zero-order valence-electron chi connectivity index (χ0n) is 6.44. The lowest BCUT2D eigenvalue weighted by Gasteiger charge is -2.00. The zero-order chi connectivity index (χ0) is 9.42. The van der Waals surface area contributed by atoms with Gasteiger partial charge in [-0.15, -0.1) is 0 Å². The van der Waals surface area contributed by atoms with Gasteiger partial charge in [0.25, 0.3) is 5.56 Å². The Hall–Kier alpha value is -1.55. The quantitative estimate of drug-likeness (QED) is 0.641. The van der Waals surface area contributed by atoms with Gasteiger partial charge in [0, 0.05) is 12.3 Å². The highest BCUT2D eigenvalue weighted by molar-refractivity contribution is 6.29. The molecule has 0 aliphatic rings. The second kappa shape index (κ2) is 2.74. The molecule has 0 aliphatic heterocycles. The number of hydrogen-bond donors (Lipinski definition) is 1. The summed E-state index contributed by atoms with van der Waals surface area (Å²) in [7, 11) is 0. The molecule has 0 atom stereocenters. The van der Waals surface area contributed by atoms with E-state index in [9.17, 15) is 9.90 Å². The third-order valence-electron chi connectivity index (χ3n) is 1.64. The Bertz CT molecular complexity index is 521. The molecule has 66 valence electrons. The minimum atomic E-state index is -0.314. The smallest absolute Gasteiger partial charge is 0.259 e. The van der Waals surface area contributed by atoms with Gasteiger partial charge in [-0.05, 0) is 12.1 Å². The van der Waals surface area contributed by atoms with E-state index in [1.54, 1.807) is 6.07 Å². The molecule has 0 saturated heterocycles. The summed E-state index contributed by atoms with van der Waals surface area (Å²) in [6, 6.07) is 4.19. The number of fused-ring (bicyclic) bond motifs is 1. The molecule has 0 saturated carbocycles. The van der Waals surface area contributed by atoms with E-state index in [1.165, 1.54) is 22.7 Å². The Kier molecular flexibility index (Phi) is 1.70. The van der Waals surface area contributed by atoms with Gasteiger partial charge in [-0.2, -0.15) is 0 Å². The highest BCUT2D eigenvalue weighted by Crippen LogP contribution is 2.14. The van der Waals surface area contributed by atoms with Gasteiger partial charge in [-0.1, -0.05) is 11.6 Å². The summed E-state index contributed by atoms with van der Waals surface area (Å²) in [5.41, 5.74) is -0.147. The fraction of sp³-hybridized carbons (Fsp3) is 0. The first kappa shape index (κ1) is 8.07. The average molecular weight is 197 g/mol. The molecule has 2 heterocycles. The standard InChI is InChI=1S/C8H5ClN2O2/c9-6-4-7(13)11-3-1-2-5(12)8(11)10-6/h1-4,12H. The Morgan fingerprint density at radius 3 is 3.08 bits per heavy atom. The van der Waals surface area contributed by atoms with Crippen LogP contribution >= 0.6 is 11.6 Å². The van der Waals surface area contributed by atoms with Gasteiger partial charge in [0.15, 0.2) is 11.4 Å². The number of pyridine rings is 1. The number of nitrogens with zero attached hydrogens (tertiary/aromatic N) is 2. The second-order valence-corrected chi connectivity index (χ2v) is 2.89. The normalized spacial score (nSPS) is 10.5. The van der Waals surface area contributed by atoms with Crippen LogP contribution in [0.25, 0.3) is 5.65 Å². The van der Waals surface area contributed by atoms with Crippen molar-refractivity contribution in [2.75, 3.05) is 0 Å². The van der Waals surface area contributed by atoms with Gasteiger partial charge < -0.3 is 5.11 Å². The summed E-state index contributed by atoms with van der Waals surface area (Å²) in [5.74, 6) is -0.0675. The lowest BCUT2D eigenvalue weighted by molar-refractivity contribution is 0.476. The van der Waals surface area contributed by atoms with Crippen molar-refractivity contribution in [2.24, 2.45) is 0 Å². The first-order chi connectivity index (χ1) is 6.18. The van der Waals surface area contributed by atoms with E-state index in [-0.39, 0.29) is 22.1 Å². The molecule has 0 aliphatic carbocycles. The molecule has 2 rings (SSSR count). The molecule has 0 amide bonds. The molecule has 0 aromatic carbocycles. The van der Waals surface area contributed by atoms with Gasteiger partial charge >= 0.3 is 0 Å². The van der Waals surface area contributed by atoms with E-state index < -0.39 is 0 Å². The summed E-state index contributed by atoms with van der Waals surface area (Å²) in [6.45, 7) is 0. The number of rotatable bonds is 0. The first-order valence-electron chi connectivity index (χ1n) is 3.55. The highest BCUT2D eigenvalue weighted by Gasteiger charge is 2.03. The van der Waals surface area contributed by atoms with E-state index >= 15 is 0 Å². The van der Waals surface area contributed by atoms with Crippen LogP contribution in [0.4, 0.5) is 0 Å². The number of aromatic nitrogens is 2. The van der Waals surface area contributed by atoms with E-state index in [4.69, 9.17) is 11.6 Å². The Morgan fingerprint density at radius 2 is 2.31 bits per heavy atom. The zero-order valence-corrected chi connectivity index (χ0v) is 7.19. The van der Waals surface area contributed by atoms with Crippen molar-refractivity contribution in [3.05, 3.63) is 39.9 Å². The van der Waals surface area contributed by atoms with Gasteiger partial charge in [0.05, 0.1) is 0 Å². The number of aromatic hydroxyl groups is 1. The van der Waals surface area contributed by atoms with Crippen LogP contribution in [-0.4, -0.2) is 14.5 Å². The van der Waals surface area contributed by atoms with Crippen molar-refractivity contribution in [2.45, 2.75) is 0 Å². The van der Waals surface area contributed by atoms with Crippen LogP contribution in [0.2, 0.25) is 5.15 Å². The topological polar surface area (TPSA) is 54.6 Å². The van der Waals surface area contributed by atoms with Crippen molar-refractivity contribution in [1.82, 2.24) is 9.38 Å². The summed E-state index contributed by atoms with van der Waals surface area (Å²) < 4.78 is 1.22. The van der Waals surface area contributed by atoms with Crippen LogP contribution in [0.1, 0.15) is 0 Å². The fourth-order valence-corrected chi connectivity index (χ4v) is 1.26. The maximum atomic E-state index is 11.3. The third-order valence-corrected chi connectivity index (χ3v) is 1.83.